The van der Waals surface area contributed by atoms with Crippen LogP contribution in [0.3, 0.4) is 0 Å². The molecule has 2 aromatic heterocycles. The quantitative estimate of drug-likeness (QED) is 0.810. The molecule has 6 nitrogen and oxygen atoms in total. The van der Waals surface area contributed by atoms with Crippen molar-refractivity contribution in [1.82, 2.24) is 29.2 Å². The normalized spacial score (nSPS) is 22.8. The number of hydrogen-bond acceptors (Lipinski definition) is 6. The second kappa shape index (κ2) is 7.51. The van der Waals surface area contributed by atoms with Gasteiger partial charge in [-0.1, -0.05) is 11.4 Å². The van der Waals surface area contributed by atoms with Crippen LogP contribution in [0, 0.1) is 5.92 Å². The lowest BCUT2D eigenvalue weighted by atomic mass is 9.85. The summed E-state index contributed by atoms with van der Waals surface area (Å²) in [5.41, 5.74) is 2.42. The lowest BCUT2D eigenvalue weighted by molar-refractivity contribution is 0.0747. The first-order valence-corrected chi connectivity index (χ1v) is 9.18. The highest BCUT2D eigenvalue weighted by Crippen LogP contribution is 2.36. The Morgan fingerprint density at radius 3 is 2.96 bits per heavy atom. The van der Waals surface area contributed by atoms with Gasteiger partial charge in [0.05, 0.1) is 11.9 Å². The van der Waals surface area contributed by atoms with Crippen molar-refractivity contribution in [3.05, 3.63) is 29.0 Å². The average Bonchev–Trinajstić information content (AvgIpc) is 3.18. The standard InChI is InChI=1S/C16H26N6S/c1-4-22-7-5-6-13(16(22)14-8-17-21(3)10-14)9-20(2)11-15-12-23-19-18-15/h8,10,12-13,16H,4-7,9,11H2,1-3H3/t13-,16+/m0/s1. The van der Waals surface area contributed by atoms with E-state index in [4.69, 9.17) is 0 Å². The van der Waals surface area contributed by atoms with Crippen molar-refractivity contribution >= 4 is 11.5 Å². The van der Waals surface area contributed by atoms with Gasteiger partial charge in [-0.25, -0.2) is 0 Å². The highest BCUT2D eigenvalue weighted by Gasteiger charge is 2.33. The third-order valence-electron chi connectivity index (χ3n) is 4.72. The third-order valence-corrected chi connectivity index (χ3v) is 5.27. The topological polar surface area (TPSA) is 50.1 Å². The molecule has 0 N–H and O–H groups in total. The van der Waals surface area contributed by atoms with Gasteiger partial charge in [0, 0.05) is 43.3 Å². The number of rotatable bonds is 6. The zero-order valence-electron chi connectivity index (χ0n) is 14.2. The first kappa shape index (κ1) is 16.5. The maximum Gasteiger partial charge on any atom is 0.0895 e. The van der Waals surface area contributed by atoms with Gasteiger partial charge in [-0.15, -0.1) is 5.10 Å². The molecule has 0 aromatic carbocycles. The van der Waals surface area contributed by atoms with Crippen LogP contribution in [0.4, 0.5) is 0 Å². The van der Waals surface area contributed by atoms with Crippen LogP contribution in [0.25, 0.3) is 0 Å². The molecule has 1 fully saturated rings. The minimum atomic E-state index is 0.471. The molecule has 0 bridgehead atoms. The zero-order valence-corrected chi connectivity index (χ0v) is 15.0. The van der Waals surface area contributed by atoms with E-state index in [1.165, 1.54) is 36.5 Å². The zero-order chi connectivity index (χ0) is 16.2. The molecule has 2 atom stereocenters. The average molecular weight is 334 g/mol. The Morgan fingerprint density at radius 1 is 1.43 bits per heavy atom. The van der Waals surface area contributed by atoms with Gasteiger partial charge in [0.15, 0.2) is 0 Å². The number of nitrogens with zero attached hydrogens (tertiary/aromatic N) is 6. The Morgan fingerprint density at radius 2 is 2.30 bits per heavy atom. The van der Waals surface area contributed by atoms with Gasteiger partial charge in [-0.3, -0.25) is 9.58 Å². The van der Waals surface area contributed by atoms with Crippen molar-refractivity contribution in [3.63, 3.8) is 0 Å². The molecule has 0 saturated carbocycles. The molecule has 3 heterocycles. The van der Waals surface area contributed by atoms with Crippen molar-refractivity contribution in [2.45, 2.75) is 32.4 Å². The molecule has 0 aliphatic carbocycles. The summed E-state index contributed by atoms with van der Waals surface area (Å²) in [6, 6.07) is 0.471. The summed E-state index contributed by atoms with van der Waals surface area (Å²) in [5.74, 6) is 0.629. The number of aromatic nitrogens is 4. The second-order valence-corrected chi connectivity index (χ2v) is 7.13. The molecule has 1 aliphatic rings. The monoisotopic (exact) mass is 334 g/mol. The highest BCUT2D eigenvalue weighted by molar-refractivity contribution is 7.03. The molecule has 0 unspecified atom stereocenters. The van der Waals surface area contributed by atoms with Crippen molar-refractivity contribution in [1.29, 1.82) is 0 Å². The lowest BCUT2D eigenvalue weighted by Gasteiger charge is -2.42. The van der Waals surface area contributed by atoms with Crippen molar-refractivity contribution in [2.24, 2.45) is 13.0 Å². The van der Waals surface area contributed by atoms with E-state index < -0.39 is 0 Å². The van der Waals surface area contributed by atoms with Crippen LogP contribution in [0.5, 0.6) is 0 Å². The Kier molecular flexibility index (Phi) is 5.40. The third kappa shape index (κ3) is 3.97. The second-order valence-electron chi connectivity index (χ2n) is 6.52. The van der Waals surface area contributed by atoms with E-state index in [-0.39, 0.29) is 0 Å². The fraction of sp³-hybridized carbons (Fsp3) is 0.688. The van der Waals surface area contributed by atoms with Crippen LogP contribution in [0.15, 0.2) is 17.8 Å². The molecule has 1 saturated heterocycles. The first-order valence-electron chi connectivity index (χ1n) is 8.34. The van der Waals surface area contributed by atoms with Gasteiger partial charge in [-0.05, 0) is 50.4 Å². The van der Waals surface area contributed by atoms with E-state index in [1.807, 2.05) is 23.3 Å². The Labute approximate surface area is 142 Å². The van der Waals surface area contributed by atoms with Crippen molar-refractivity contribution in [3.8, 4) is 0 Å². The minimum Gasteiger partial charge on any atom is -0.300 e. The van der Waals surface area contributed by atoms with Gasteiger partial charge < -0.3 is 4.90 Å². The Bertz CT molecular complexity index is 595. The number of aryl methyl sites for hydroxylation is 1. The molecule has 1 aliphatic heterocycles. The summed E-state index contributed by atoms with van der Waals surface area (Å²) in [6.45, 7) is 6.49. The Balaban J connectivity index is 1.72. The maximum absolute atomic E-state index is 4.39. The number of likely N-dealkylation sites (tertiary alicyclic amines) is 1. The van der Waals surface area contributed by atoms with Crippen LogP contribution in [-0.2, 0) is 13.6 Å². The van der Waals surface area contributed by atoms with Crippen LogP contribution < -0.4 is 0 Å². The van der Waals surface area contributed by atoms with Crippen molar-refractivity contribution in [2.75, 3.05) is 26.7 Å². The minimum absolute atomic E-state index is 0.471. The van der Waals surface area contributed by atoms with Crippen LogP contribution in [0.1, 0.15) is 37.1 Å². The molecule has 0 amide bonds. The van der Waals surface area contributed by atoms with Gasteiger partial charge in [0.2, 0.25) is 0 Å². The largest absolute Gasteiger partial charge is 0.300 e. The molecule has 2 aromatic rings. The smallest absolute Gasteiger partial charge is 0.0895 e. The molecule has 23 heavy (non-hydrogen) atoms. The van der Waals surface area contributed by atoms with E-state index in [9.17, 15) is 0 Å². The van der Waals surface area contributed by atoms with Gasteiger partial charge in [-0.2, -0.15) is 5.10 Å². The summed E-state index contributed by atoms with van der Waals surface area (Å²) in [7, 11) is 4.18. The van der Waals surface area contributed by atoms with E-state index in [0.29, 0.717) is 12.0 Å². The molecule has 0 radical (unpaired) electrons. The summed E-state index contributed by atoms with van der Waals surface area (Å²) in [4.78, 5) is 4.98. The first-order chi connectivity index (χ1) is 11.2. The van der Waals surface area contributed by atoms with Crippen LogP contribution in [-0.4, -0.2) is 55.8 Å². The molecular weight excluding hydrogens is 308 g/mol. The van der Waals surface area contributed by atoms with Gasteiger partial charge >= 0.3 is 0 Å². The molecule has 0 spiro atoms. The number of hydrogen-bond donors (Lipinski definition) is 0. The summed E-state index contributed by atoms with van der Waals surface area (Å²) < 4.78 is 5.87. The van der Waals surface area contributed by atoms with E-state index in [2.05, 4.69) is 44.7 Å². The van der Waals surface area contributed by atoms with Gasteiger partial charge in [0.1, 0.15) is 0 Å². The molecule has 126 valence electrons. The van der Waals surface area contributed by atoms with Crippen LogP contribution >= 0.6 is 11.5 Å². The fourth-order valence-electron chi connectivity index (χ4n) is 3.77. The van der Waals surface area contributed by atoms with Crippen molar-refractivity contribution < 1.29 is 0 Å². The van der Waals surface area contributed by atoms with E-state index in [1.54, 1.807) is 0 Å². The SMILES string of the molecule is CCN1CCC[C@@H](CN(C)Cc2csnn2)[C@@H]1c1cnn(C)c1. The summed E-state index contributed by atoms with van der Waals surface area (Å²) in [6.07, 6.45) is 6.77. The Hall–Kier alpha value is -1.31. The summed E-state index contributed by atoms with van der Waals surface area (Å²) >= 11 is 1.42. The highest BCUT2D eigenvalue weighted by atomic mass is 32.1. The van der Waals surface area contributed by atoms with Gasteiger partial charge in [0.25, 0.3) is 0 Å². The molecular formula is C16H26N6S. The summed E-state index contributed by atoms with van der Waals surface area (Å²) in [5, 5.41) is 10.6. The predicted octanol–water partition coefficient (Wildman–Crippen LogP) is 2.18. The molecule has 3 rings (SSSR count). The maximum atomic E-state index is 4.39. The van der Waals surface area contributed by atoms with Crippen LogP contribution in [0.2, 0.25) is 0 Å². The fourth-order valence-corrected chi connectivity index (χ4v) is 4.21. The van der Waals surface area contributed by atoms with E-state index in [0.717, 1.165) is 25.3 Å². The number of piperidine rings is 1. The lowest BCUT2D eigenvalue weighted by Crippen LogP contribution is -2.42. The van der Waals surface area contributed by atoms with E-state index >= 15 is 0 Å². The predicted molar refractivity (Wildman–Crippen MR) is 92.2 cm³/mol. The molecule has 7 heteroatoms.